The molecule has 0 saturated carbocycles. The molecule has 0 radical (unpaired) electrons. The van der Waals surface area contributed by atoms with E-state index in [2.05, 4.69) is 19.2 Å². The van der Waals surface area contributed by atoms with Gasteiger partial charge in [0.15, 0.2) is 0 Å². The van der Waals surface area contributed by atoms with Crippen LogP contribution in [0.1, 0.15) is 47.0 Å². The molecule has 0 bridgehead atoms. The molecule has 2 atom stereocenters. The van der Waals surface area contributed by atoms with E-state index in [0.29, 0.717) is 6.54 Å². The number of carbonyl (C=O) groups is 2. The second kappa shape index (κ2) is 8.55. The number of thioether (sulfide) groups is 1. The summed E-state index contributed by atoms with van der Waals surface area (Å²) in [5, 5.41) is 2.90. The van der Waals surface area contributed by atoms with Crippen LogP contribution in [-0.4, -0.2) is 46.8 Å². The number of rotatable bonds is 8. The second-order valence-electron chi connectivity index (χ2n) is 5.62. The van der Waals surface area contributed by atoms with Crippen molar-refractivity contribution in [3.05, 3.63) is 0 Å². The molecule has 1 aliphatic heterocycles. The van der Waals surface area contributed by atoms with Gasteiger partial charge in [-0.25, -0.2) is 0 Å². The number of nitrogens with zero attached hydrogens (tertiary/aromatic N) is 1. The van der Waals surface area contributed by atoms with Crippen molar-refractivity contribution in [1.82, 2.24) is 10.2 Å². The van der Waals surface area contributed by atoms with E-state index in [1.54, 1.807) is 0 Å². The molecular formula is C15H28N2O2S. The summed E-state index contributed by atoms with van der Waals surface area (Å²) < 4.78 is 0. The quantitative estimate of drug-likeness (QED) is 0.700. The zero-order valence-corrected chi connectivity index (χ0v) is 14.0. The molecule has 0 aromatic heterocycles. The molecule has 0 aliphatic carbocycles. The molecule has 4 nitrogen and oxygen atoms in total. The zero-order chi connectivity index (χ0) is 15.1. The van der Waals surface area contributed by atoms with Gasteiger partial charge in [-0.1, -0.05) is 34.1 Å². The molecule has 0 aromatic carbocycles. The number of carbonyl (C=O) groups excluding carboxylic acids is 2. The molecule has 5 heteroatoms. The van der Waals surface area contributed by atoms with Gasteiger partial charge in [0.2, 0.25) is 11.8 Å². The maximum absolute atomic E-state index is 12.6. The van der Waals surface area contributed by atoms with Gasteiger partial charge in [0.05, 0.1) is 0 Å². The van der Waals surface area contributed by atoms with Crippen molar-refractivity contribution in [2.75, 3.05) is 18.1 Å². The summed E-state index contributed by atoms with van der Waals surface area (Å²) in [6.07, 6.45) is 2.63. The smallest absolute Gasteiger partial charge is 0.246 e. The fraction of sp³-hybridized carbons (Fsp3) is 0.867. The average Bonchev–Trinajstić information content (AvgIpc) is 2.40. The largest absolute Gasteiger partial charge is 0.342 e. The van der Waals surface area contributed by atoms with E-state index in [1.807, 2.05) is 30.5 Å². The van der Waals surface area contributed by atoms with Gasteiger partial charge in [-0.3, -0.25) is 9.59 Å². The Labute approximate surface area is 127 Å². The summed E-state index contributed by atoms with van der Waals surface area (Å²) in [4.78, 5) is 26.6. The molecule has 1 heterocycles. The molecule has 1 rings (SSSR count). The maximum Gasteiger partial charge on any atom is 0.246 e. The Morgan fingerprint density at radius 2 is 2.00 bits per heavy atom. The fourth-order valence-corrected chi connectivity index (χ4v) is 3.17. The SMILES string of the molecule is CCCC1C(=O)NC(C(C)C)C(=O)N1CCCSCC. The van der Waals surface area contributed by atoms with Crippen LogP contribution in [0, 0.1) is 5.92 Å². The van der Waals surface area contributed by atoms with Crippen molar-refractivity contribution in [1.29, 1.82) is 0 Å². The number of hydrogen-bond donors (Lipinski definition) is 1. The summed E-state index contributed by atoms with van der Waals surface area (Å²) >= 11 is 1.88. The van der Waals surface area contributed by atoms with Crippen LogP contribution in [-0.2, 0) is 9.59 Å². The first-order valence-corrected chi connectivity index (χ1v) is 8.86. The minimum atomic E-state index is -0.352. The third-order valence-corrected chi connectivity index (χ3v) is 4.63. The number of nitrogens with one attached hydrogen (secondary N) is 1. The second-order valence-corrected chi connectivity index (χ2v) is 7.01. The molecule has 1 N–H and O–H groups in total. The van der Waals surface area contributed by atoms with E-state index in [4.69, 9.17) is 0 Å². The van der Waals surface area contributed by atoms with Gasteiger partial charge < -0.3 is 10.2 Å². The van der Waals surface area contributed by atoms with Gasteiger partial charge in [0.25, 0.3) is 0 Å². The highest BCUT2D eigenvalue weighted by atomic mass is 32.2. The van der Waals surface area contributed by atoms with Crippen molar-refractivity contribution >= 4 is 23.6 Å². The van der Waals surface area contributed by atoms with Crippen molar-refractivity contribution in [3.8, 4) is 0 Å². The number of piperazine rings is 1. The summed E-state index contributed by atoms with van der Waals surface area (Å²) in [5.41, 5.74) is 0. The van der Waals surface area contributed by atoms with E-state index in [-0.39, 0.29) is 29.8 Å². The molecule has 1 saturated heterocycles. The third-order valence-electron chi connectivity index (χ3n) is 3.65. The highest BCUT2D eigenvalue weighted by Gasteiger charge is 2.40. The zero-order valence-electron chi connectivity index (χ0n) is 13.1. The monoisotopic (exact) mass is 300 g/mol. The lowest BCUT2D eigenvalue weighted by Crippen LogP contribution is -2.64. The van der Waals surface area contributed by atoms with Crippen LogP contribution >= 0.6 is 11.8 Å². The highest BCUT2D eigenvalue weighted by molar-refractivity contribution is 7.99. The predicted octanol–water partition coefficient (Wildman–Crippen LogP) is 2.28. The minimum absolute atomic E-state index is 0.0216. The van der Waals surface area contributed by atoms with Gasteiger partial charge >= 0.3 is 0 Å². The van der Waals surface area contributed by atoms with Gasteiger partial charge in [0.1, 0.15) is 12.1 Å². The van der Waals surface area contributed by atoms with Gasteiger partial charge in [-0.05, 0) is 30.3 Å². The van der Waals surface area contributed by atoms with Crippen LogP contribution in [0.3, 0.4) is 0 Å². The van der Waals surface area contributed by atoms with Crippen molar-refractivity contribution < 1.29 is 9.59 Å². The lowest BCUT2D eigenvalue weighted by Gasteiger charge is -2.40. The minimum Gasteiger partial charge on any atom is -0.342 e. The molecule has 0 spiro atoms. The first-order valence-electron chi connectivity index (χ1n) is 7.71. The Morgan fingerprint density at radius 1 is 1.30 bits per heavy atom. The molecule has 2 unspecified atom stereocenters. The maximum atomic E-state index is 12.6. The molecule has 20 heavy (non-hydrogen) atoms. The van der Waals surface area contributed by atoms with E-state index >= 15 is 0 Å². The van der Waals surface area contributed by atoms with Gasteiger partial charge in [-0.15, -0.1) is 0 Å². The Morgan fingerprint density at radius 3 is 2.55 bits per heavy atom. The van der Waals surface area contributed by atoms with E-state index in [9.17, 15) is 9.59 Å². The van der Waals surface area contributed by atoms with Crippen LogP contribution < -0.4 is 5.32 Å². The van der Waals surface area contributed by atoms with Crippen LogP contribution in [0.2, 0.25) is 0 Å². The molecule has 0 aromatic rings. The summed E-state index contributed by atoms with van der Waals surface area (Å²) in [5.74, 6) is 2.41. The molecule has 1 aliphatic rings. The van der Waals surface area contributed by atoms with Crippen LogP contribution in [0.4, 0.5) is 0 Å². The predicted molar refractivity (Wildman–Crippen MR) is 84.8 cm³/mol. The van der Waals surface area contributed by atoms with Crippen molar-refractivity contribution in [2.45, 2.75) is 59.0 Å². The van der Waals surface area contributed by atoms with Gasteiger partial charge in [0, 0.05) is 6.54 Å². The topological polar surface area (TPSA) is 49.4 Å². The Kier molecular flexibility index (Phi) is 7.41. The summed E-state index contributed by atoms with van der Waals surface area (Å²) in [6, 6.07) is -0.622. The summed E-state index contributed by atoms with van der Waals surface area (Å²) in [6.45, 7) is 8.85. The van der Waals surface area contributed by atoms with Gasteiger partial charge in [-0.2, -0.15) is 11.8 Å². The normalized spacial score (nSPS) is 23.4. The first-order chi connectivity index (χ1) is 9.52. The first kappa shape index (κ1) is 17.3. The molecular weight excluding hydrogens is 272 g/mol. The standard InChI is InChI=1S/C15H28N2O2S/c1-5-8-12-14(18)16-13(11(3)4)15(19)17(12)9-7-10-20-6-2/h11-13H,5-10H2,1-4H3,(H,16,18). The number of amides is 2. The van der Waals surface area contributed by atoms with Crippen molar-refractivity contribution in [3.63, 3.8) is 0 Å². The third kappa shape index (κ3) is 4.40. The lowest BCUT2D eigenvalue weighted by atomic mass is 9.96. The van der Waals surface area contributed by atoms with E-state index < -0.39 is 0 Å². The Hall–Kier alpha value is -0.710. The Balaban J connectivity index is 2.73. The van der Waals surface area contributed by atoms with Crippen LogP contribution in [0.15, 0.2) is 0 Å². The summed E-state index contributed by atoms with van der Waals surface area (Å²) in [7, 11) is 0. The lowest BCUT2D eigenvalue weighted by molar-refractivity contribution is -0.150. The highest BCUT2D eigenvalue weighted by Crippen LogP contribution is 2.19. The van der Waals surface area contributed by atoms with Crippen LogP contribution in [0.5, 0.6) is 0 Å². The fourth-order valence-electron chi connectivity index (χ4n) is 2.54. The molecule has 2 amide bonds. The van der Waals surface area contributed by atoms with Crippen LogP contribution in [0.25, 0.3) is 0 Å². The molecule has 116 valence electrons. The van der Waals surface area contributed by atoms with E-state index in [1.165, 1.54) is 0 Å². The average molecular weight is 300 g/mol. The number of hydrogen-bond acceptors (Lipinski definition) is 3. The van der Waals surface area contributed by atoms with E-state index in [0.717, 1.165) is 30.8 Å². The van der Waals surface area contributed by atoms with Crippen molar-refractivity contribution in [2.24, 2.45) is 5.92 Å². The molecule has 1 fully saturated rings. The Bertz CT molecular complexity index is 334.